The molecule has 1 aliphatic heterocycles. The number of ether oxygens (including phenoxy) is 1. The number of allylic oxidation sites excluding steroid dienone is 1. The fraction of sp³-hybridized carbons (Fsp3) is 0.174. The van der Waals surface area contributed by atoms with Crippen LogP contribution in [0, 0.1) is 7.14 Å². The molecule has 4 rings (SSSR count). The van der Waals surface area contributed by atoms with Gasteiger partial charge in [-0.3, -0.25) is 9.36 Å². The number of phenols is 1. The third kappa shape index (κ3) is 4.29. The minimum Gasteiger partial charge on any atom is -0.506 e. The van der Waals surface area contributed by atoms with Gasteiger partial charge in [0.15, 0.2) is 4.80 Å². The maximum absolute atomic E-state index is 13.5. The number of benzene rings is 2. The van der Waals surface area contributed by atoms with Gasteiger partial charge in [-0.25, -0.2) is 9.79 Å². The van der Waals surface area contributed by atoms with Crippen LogP contribution >= 0.6 is 56.5 Å². The SMILES string of the molecule is CCOC(=O)C1=C(C)N=c2s/c(=C\c3cc(I)cc(I)c3O)c(=O)n2[C@H]1c1ccccc1. The van der Waals surface area contributed by atoms with Crippen LogP contribution in [0.4, 0.5) is 0 Å². The first-order chi connectivity index (χ1) is 15.3. The summed E-state index contributed by atoms with van der Waals surface area (Å²) in [7, 11) is 0. The number of halogens is 2. The van der Waals surface area contributed by atoms with Crippen LogP contribution in [0.15, 0.2) is 63.5 Å². The van der Waals surface area contributed by atoms with Crippen molar-refractivity contribution in [1.82, 2.24) is 4.57 Å². The molecule has 1 N–H and O–H groups in total. The van der Waals surface area contributed by atoms with E-state index in [-0.39, 0.29) is 17.9 Å². The molecule has 32 heavy (non-hydrogen) atoms. The predicted molar refractivity (Wildman–Crippen MR) is 140 cm³/mol. The molecule has 0 aliphatic carbocycles. The first-order valence-corrected chi connectivity index (χ1v) is 12.7. The van der Waals surface area contributed by atoms with Crippen LogP contribution in [0.1, 0.15) is 31.0 Å². The molecule has 0 saturated carbocycles. The van der Waals surface area contributed by atoms with Gasteiger partial charge in [0.25, 0.3) is 5.56 Å². The summed E-state index contributed by atoms with van der Waals surface area (Å²) >= 11 is 5.47. The third-order valence-electron chi connectivity index (χ3n) is 4.98. The molecule has 0 saturated heterocycles. The van der Waals surface area contributed by atoms with E-state index in [1.54, 1.807) is 24.5 Å². The number of carbonyl (C=O) groups excluding carboxylic acids is 1. The van der Waals surface area contributed by atoms with Crippen molar-refractivity contribution in [3.8, 4) is 5.75 Å². The second kappa shape index (κ2) is 9.48. The Balaban J connectivity index is 1.98. The second-order valence-electron chi connectivity index (χ2n) is 7.04. The Morgan fingerprint density at radius 1 is 1.28 bits per heavy atom. The van der Waals surface area contributed by atoms with Crippen LogP contribution in [-0.2, 0) is 9.53 Å². The Hall–Kier alpha value is -1.99. The minimum atomic E-state index is -0.640. The minimum absolute atomic E-state index is 0.125. The number of hydrogen-bond donors (Lipinski definition) is 1. The number of nitrogens with zero attached hydrogens (tertiary/aromatic N) is 2. The van der Waals surface area contributed by atoms with Crippen molar-refractivity contribution in [2.75, 3.05) is 6.61 Å². The van der Waals surface area contributed by atoms with Crippen molar-refractivity contribution in [3.63, 3.8) is 0 Å². The monoisotopic (exact) mass is 672 g/mol. The quantitative estimate of drug-likeness (QED) is 0.339. The zero-order valence-corrected chi connectivity index (χ0v) is 22.3. The zero-order valence-electron chi connectivity index (χ0n) is 17.1. The molecule has 9 heteroatoms. The zero-order chi connectivity index (χ0) is 23.0. The standard InChI is InChI=1S/C23H18I2N2O4S/c1-3-31-22(30)18-12(2)26-23-27(19(18)13-7-5-4-6-8-13)21(29)17(32-23)10-14-9-15(24)11-16(25)20(14)28/h4-11,19,28H,3H2,1-2H3/b17-10-/t19-/m0/s1. The average molecular weight is 672 g/mol. The lowest BCUT2D eigenvalue weighted by molar-refractivity contribution is -0.139. The molecule has 2 heterocycles. The lowest BCUT2D eigenvalue weighted by Crippen LogP contribution is -2.39. The normalized spacial score (nSPS) is 16.0. The molecule has 1 atom stereocenters. The summed E-state index contributed by atoms with van der Waals surface area (Å²) in [5.74, 6) is -0.360. The fourth-order valence-electron chi connectivity index (χ4n) is 3.58. The fourth-order valence-corrected chi connectivity index (χ4v) is 6.51. The van der Waals surface area contributed by atoms with Gasteiger partial charge < -0.3 is 9.84 Å². The topological polar surface area (TPSA) is 80.9 Å². The highest BCUT2D eigenvalue weighted by molar-refractivity contribution is 14.1. The molecule has 6 nitrogen and oxygen atoms in total. The van der Waals surface area contributed by atoms with Crippen LogP contribution in [0.2, 0.25) is 0 Å². The smallest absolute Gasteiger partial charge is 0.338 e. The Morgan fingerprint density at radius 2 is 2.00 bits per heavy atom. The van der Waals surface area contributed by atoms with E-state index in [0.29, 0.717) is 29.7 Å². The van der Waals surface area contributed by atoms with Crippen molar-refractivity contribution >= 4 is 68.6 Å². The van der Waals surface area contributed by atoms with Crippen molar-refractivity contribution < 1.29 is 14.6 Å². The summed E-state index contributed by atoms with van der Waals surface area (Å²) in [5.41, 5.74) is 1.96. The van der Waals surface area contributed by atoms with E-state index < -0.39 is 12.0 Å². The molecule has 3 aromatic rings. The molecule has 2 aromatic carbocycles. The second-order valence-corrected chi connectivity index (χ2v) is 10.5. The van der Waals surface area contributed by atoms with E-state index in [2.05, 4.69) is 50.2 Å². The summed E-state index contributed by atoms with van der Waals surface area (Å²) in [6.45, 7) is 3.73. The number of aromatic nitrogens is 1. The van der Waals surface area contributed by atoms with Crippen molar-refractivity contribution in [3.05, 3.63) is 91.7 Å². The number of aromatic hydroxyl groups is 1. The first-order valence-electron chi connectivity index (χ1n) is 9.74. The Bertz CT molecular complexity index is 1420. The summed E-state index contributed by atoms with van der Waals surface area (Å²) in [6, 6.07) is 12.4. The van der Waals surface area contributed by atoms with E-state index in [1.807, 2.05) is 42.5 Å². The lowest BCUT2D eigenvalue weighted by Gasteiger charge is -2.24. The van der Waals surface area contributed by atoms with E-state index in [4.69, 9.17) is 4.74 Å². The van der Waals surface area contributed by atoms with Gasteiger partial charge in [-0.15, -0.1) is 0 Å². The Morgan fingerprint density at radius 3 is 2.69 bits per heavy atom. The van der Waals surface area contributed by atoms with Crippen LogP contribution in [0.25, 0.3) is 6.08 Å². The van der Waals surface area contributed by atoms with E-state index in [0.717, 1.165) is 9.13 Å². The summed E-state index contributed by atoms with van der Waals surface area (Å²) in [6.07, 6.45) is 1.68. The summed E-state index contributed by atoms with van der Waals surface area (Å²) in [5, 5.41) is 10.5. The maximum atomic E-state index is 13.5. The van der Waals surface area contributed by atoms with Crippen LogP contribution in [-0.4, -0.2) is 22.2 Å². The van der Waals surface area contributed by atoms with Crippen LogP contribution in [0.5, 0.6) is 5.75 Å². The predicted octanol–water partition coefficient (Wildman–Crippen LogP) is 3.71. The van der Waals surface area contributed by atoms with E-state index in [1.165, 1.54) is 11.3 Å². The Kier molecular flexibility index (Phi) is 6.86. The molecule has 0 amide bonds. The van der Waals surface area contributed by atoms with Gasteiger partial charge in [0, 0.05) is 9.13 Å². The third-order valence-corrected chi connectivity index (χ3v) is 7.40. The number of fused-ring (bicyclic) bond motifs is 1. The molecule has 0 unspecified atom stereocenters. The van der Waals surface area contributed by atoms with E-state index >= 15 is 0 Å². The first kappa shape index (κ1) is 23.2. The molecule has 0 fully saturated rings. The molecule has 0 spiro atoms. The number of esters is 1. The molecule has 1 aliphatic rings. The highest BCUT2D eigenvalue weighted by Gasteiger charge is 2.33. The van der Waals surface area contributed by atoms with Crippen molar-refractivity contribution in [2.45, 2.75) is 19.9 Å². The summed E-state index contributed by atoms with van der Waals surface area (Å²) < 4.78 is 8.92. The van der Waals surface area contributed by atoms with Gasteiger partial charge in [0.2, 0.25) is 0 Å². The highest BCUT2D eigenvalue weighted by Crippen LogP contribution is 2.31. The van der Waals surface area contributed by atoms with Crippen LogP contribution < -0.4 is 14.9 Å². The van der Waals surface area contributed by atoms with Crippen molar-refractivity contribution in [2.24, 2.45) is 4.99 Å². The number of hydrogen-bond acceptors (Lipinski definition) is 6. The maximum Gasteiger partial charge on any atom is 0.338 e. The lowest BCUT2D eigenvalue weighted by atomic mass is 9.96. The van der Waals surface area contributed by atoms with Gasteiger partial charge in [-0.1, -0.05) is 41.7 Å². The molecule has 0 bridgehead atoms. The van der Waals surface area contributed by atoms with Gasteiger partial charge in [0.1, 0.15) is 5.75 Å². The highest BCUT2D eigenvalue weighted by atomic mass is 127. The molecule has 1 aromatic heterocycles. The van der Waals surface area contributed by atoms with Crippen molar-refractivity contribution in [1.29, 1.82) is 0 Å². The molecular formula is C23H18I2N2O4S. The largest absolute Gasteiger partial charge is 0.506 e. The average Bonchev–Trinajstić information content (AvgIpc) is 3.06. The molecule has 164 valence electrons. The van der Waals surface area contributed by atoms with Crippen LogP contribution in [0.3, 0.4) is 0 Å². The van der Waals surface area contributed by atoms with Gasteiger partial charge >= 0.3 is 5.97 Å². The number of carbonyl (C=O) groups is 1. The van der Waals surface area contributed by atoms with Gasteiger partial charge in [0.05, 0.1) is 32.0 Å². The Labute approximate surface area is 215 Å². The molecular weight excluding hydrogens is 654 g/mol. The van der Waals surface area contributed by atoms with Gasteiger partial charge in [-0.2, -0.15) is 0 Å². The number of rotatable bonds is 4. The number of phenolic OH excluding ortho intramolecular Hbond substituents is 1. The van der Waals surface area contributed by atoms with Gasteiger partial charge in [-0.05, 0) is 82.8 Å². The summed E-state index contributed by atoms with van der Waals surface area (Å²) in [4.78, 5) is 31.4. The molecule has 0 radical (unpaired) electrons. The van der Waals surface area contributed by atoms with E-state index in [9.17, 15) is 14.7 Å². The number of thiazole rings is 1.